The van der Waals surface area contributed by atoms with E-state index in [1.54, 1.807) is 0 Å². The lowest BCUT2D eigenvalue weighted by atomic mass is 10.1. The van der Waals surface area contributed by atoms with Gasteiger partial charge in [0.2, 0.25) is 0 Å². The number of hydrogen-bond donors (Lipinski definition) is 1. The van der Waals surface area contributed by atoms with E-state index in [2.05, 4.69) is 31.2 Å². The molecular weight excluding hydrogens is 284 g/mol. The van der Waals surface area contributed by atoms with Gasteiger partial charge in [-0.05, 0) is 18.9 Å². The van der Waals surface area contributed by atoms with Gasteiger partial charge >= 0.3 is 0 Å². The van der Waals surface area contributed by atoms with Crippen molar-refractivity contribution in [2.45, 2.75) is 13.3 Å². The second-order valence-electron chi connectivity index (χ2n) is 4.91. The predicted octanol–water partition coefficient (Wildman–Crippen LogP) is 1.60. The van der Waals surface area contributed by atoms with Crippen LogP contribution in [0.25, 0.3) is 0 Å². The molecule has 0 bridgehead atoms. The molecule has 1 aromatic rings. The fourth-order valence-electron chi connectivity index (χ4n) is 1.77. The number of ether oxygens (including phenoxy) is 4. The lowest BCUT2D eigenvalue weighted by Gasteiger charge is -2.07. The Hall–Kier alpha value is -0.980. The Balaban J connectivity index is 1.79. The average Bonchev–Trinajstić information content (AvgIpc) is 2.53. The Morgan fingerprint density at radius 2 is 1.14 bits per heavy atom. The van der Waals surface area contributed by atoms with E-state index >= 15 is 0 Å². The van der Waals surface area contributed by atoms with E-state index in [9.17, 15) is 0 Å². The lowest BCUT2D eigenvalue weighted by Crippen LogP contribution is -2.13. The largest absolute Gasteiger partial charge is 0.394 e. The minimum absolute atomic E-state index is 0.0486. The monoisotopic (exact) mass is 312 g/mol. The Kier molecular flexibility index (Phi) is 11.8. The molecule has 0 aliphatic rings. The molecule has 22 heavy (non-hydrogen) atoms. The summed E-state index contributed by atoms with van der Waals surface area (Å²) in [6.45, 7) is 6.53. The van der Waals surface area contributed by atoms with Gasteiger partial charge in [-0.3, -0.25) is 0 Å². The first-order chi connectivity index (χ1) is 10.8. The zero-order valence-corrected chi connectivity index (χ0v) is 13.5. The molecular formula is C17H28O5. The van der Waals surface area contributed by atoms with Crippen LogP contribution in [0.5, 0.6) is 0 Å². The zero-order chi connectivity index (χ0) is 15.9. The van der Waals surface area contributed by atoms with Crippen molar-refractivity contribution < 1.29 is 24.1 Å². The van der Waals surface area contributed by atoms with Crippen LogP contribution in [-0.4, -0.2) is 64.6 Å². The summed E-state index contributed by atoms with van der Waals surface area (Å²) in [5.41, 5.74) is 2.57. The van der Waals surface area contributed by atoms with Crippen molar-refractivity contribution >= 4 is 0 Å². The van der Waals surface area contributed by atoms with E-state index in [-0.39, 0.29) is 6.61 Å². The second-order valence-corrected chi connectivity index (χ2v) is 4.91. The molecule has 0 saturated heterocycles. The molecule has 0 spiro atoms. The maximum atomic E-state index is 8.51. The predicted molar refractivity (Wildman–Crippen MR) is 85.2 cm³/mol. The highest BCUT2D eigenvalue weighted by Crippen LogP contribution is 2.03. The van der Waals surface area contributed by atoms with E-state index < -0.39 is 0 Å². The molecule has 0 atom stereocenters. The van der Waals surface area contributed by atoms with Gasteiger partial charge in [-0.1, -0.05) is 29.8 Å². The summed E-state index contributed by atoms with van der Waals surface area (Å²) in [6.07, 6.45) is 0.928. The number of aliphatic hydroxyl groups is 1. The summed E-state index contributed by atoms with van der Waals surface area (Å²) in [5, 5.41) is 8.51. The van der Waals surface area contributed by atoms with Crippen molar-refractivity contribution in [2.24, 2.45) is 0 Å². The first-order valence-corrected chi connectivity index (χ1v) is 7.80. The molecule has 5 heteroatoms. The third kappa shape index (κ3) is 10.7. The minimum atomic E-state index is 0.0486. The van der Waals surface area contributed by atoms with Gasteiger partial charge < -0.3 is 24.1 Å². The van der Waals surface area contributed by atoms with Crippen molar-refractivity contribution in [1.82, 2.24) is 0 Å². The molecule has 0 aliphatic heterocycles. The van der Waals surface area contributed by atoms with Crippen LogP contribution in [0.3, 0.4) is 0 Å². The third-order valence-electron chi connectivity index (χ3n) is 3.01. The highest BCUT2D eigenvalue weighted by Gasteiger charge is 1.95. The minimum Gasteiger partial charge on any atom is -0.394 e. The normalized spacial score (nSPS) is 11.0. The van der Waals surface area contributed by atoms with Crippen LogP contribution < -0.4 is 0 Å². The number of hydrogen-bond acceptors (Lipinski definition) is 5. The summed E-state index contributed by atoms with van der Waals surface area (Å²) < 4.78 is 21.3. The number of aryl methyl sites for hydroxylation is 1. The molecule has 0 radical (unpaired) electrons. The van der Waals surface area contributed by atoms with Crippen LogP contribution in [0.1, 0.15) is 11.1 Å². The molecule has 0 saturated carbocycles. The van der Waals surface area contributed by atoms with Crippen LogP contribution in [0, 0.1) is 6.92 Å². The van der Waals surface area contributed by atoms with Crippen molar-refractivity contribution in [3.05, 3.63) is 35.4 Å². The first kappa shape index (κ1) is 19.1. The number of rotatable bonds is 14. The van der Waals surface area contributed by atoms with Crippen LogP contribution in [0.2, 0.25) is 0 Å². The summed E-state index contributed by atoms with van der Waals surface area (Å²) in [4.78, 5) is 0. The van der Waals surface area contributed by atoms with Gasteiger partial charge in [0.05, 0.1) is 59.5 Å². The SMILES string of the molecule is Cc1ccc(CCOCCOCCOCCOCCO)cc1. The Morgan fingerprint density at radius 3 is 1.64 bits per heavy atom. The molecule has 0 unspecified atom stereocenters. The van der Waals surface area contributed by atoms with Crippen molar-refractivity contribution in [1.29, 1.82) is 0 Å². The molecule has 0 fully saturated rings. The van der Waals surface area contributed by atoms with Gasteiger partial charge in [-0.25, -0.2) is 0 Å². The van der Waals surface area contributed by atoms with E-state index in [4.69, 9.17) is 24.1 Å². The van der Waals surface area contributed by atoms with Crippen molar-refractivity contribution in [3.63, 3.8) is 0 Å². The van der Waals surface area contributed by atoms with E-state index in [0.717, 1.165) is 6.42 Å². The second kappa shape index (κ2) is 13.7. The van der Waals surface area contributed by atoms with Crippen molar-refractivity contribution in [2.75, 3.05) is 59.5 Å². The summed E-state index contributed by atoms with van der Waals surface area (Å²) in [5.74, 6) is 0. The molecule has 0 heterocycles. The maximum absolute atomic E-state index is 8.51. The Bertz CT molecular complexity index is 353. The molecule has 0 aliphatic carbocycles. The molecule has 0 aromatic heterocycles. The van der Waals surface area contributed by atoms with Gasteiger partial charge in [-0.2, -0.15) is 0 Å². The number of benzene rings is 1. The smallest absolute Gasteiger partial charge is 0.0701 e. The highest BCUT2D eigenvalue weighted by molar-refractivity contribution is 5.21. The van der Waals surface area contributed by atoms with Gasteiger partial charge in [0.1, 0.15) is 0 Å². The van der Waals surface area contributed by atoms with Gasteiger partial charge in [0.25, 0.3) is 0 Å². The fraction of sp³-hybridized carbons (Fsp3) is 0.647. The topological polar surface area (TPSA) is 57.2 Å². The molecule has 0 amide bonds. The van der Waals surface area contributed by atoms with E-state index in [1.165, 1.54) is 11.1 Å². The summed E-state index contributed by atoms with van der Waals surface area (Å²) in [7, 11) is 0. The maximum Gasteiger partial charge on any atom is 0.0701 e. The molecule has 126 valence electrons. The quantitative estimate of drug-likeness (QED) is 0.529. The lowest BCUT2D eigenvalue weighted by molar-refractivity contribution is -0.00522. The third-order valence-corrected chi connectivity index (χ3v) is 3.01. The molecule has 1 aromatic carbocycles. The average molecular weight is 312 g/mol. The molecule has 1 N–H and O–H groups in total. The molecule has 5 nitrogen and oxygen atoms in total. The van der Waals surface area contributed by atoms with E-state index in [1.807, 2.05) is 0 Å². The van der Waals surface area contributed by atoms with Crippen molar-refractivity contribution in [3.8, 4) is 0 Å². The zero-order valence-electron chi connectivity index (χ0n) is 13.5. The van der Waals surface area contributed by atoms with Gasteiger partial charge in [0.15, 0.2) is 0 Å². The van der Waals surface area contributed by atoms with Crippen LogP contribution in [0.4, 0.5) is 0 Å². The molecule has 1 rings (SSSR count). The standard InChI is InChI=1S/C17H28O5/c1-16-2-4-17(5-3-16)6-8-19-10-12-21-14-15-22-13-11-20-9-7-18/h2-5,18H,6-15H2,1H3. The Morgan fingerprint density at radius 1 is 0.682 bits per heavy atom. The highest BCUT2D eigenvalue weighted by atomic mass is 16.6. The summed E-state index contributed by atoms with van der Waals surface area (Å²) in [6, 6.07) is 8.51. The number of aliphatic hydroxyl groups excluding tert-OH is 1. The van der Waals surface area contributed by atoms with Gasteiger partial charge in [0, 0.05) is 0 Å². The summed E-state index contributed by atoms with van der Waals surface area (Å²) >= 11 is 0. The van der Waals surface area contributed by atoms with Gasteiger partial charge in [-0.15, -0.1) is 0 Å². The first-order valence-electron chi connectivity index (χ1n) is 7.80. The van der Waals surface area contributed by atoms with Crippen LogP contribution >= 0.6 is 0 Å². The van der Waals surface area contributed by atoms with Crippen LogP contribution in [0.15, 0.2) is 24.3 Å². The fourth-order valence-corrected chi connectivity index (χ4v) is 1.77. The van der Waals surface area contributed by atoms with Crippen LogP contribution in [-0.2, 0) is 25.4 Å². The Labute approximate surface area is 133 Å². The van der Waals surface area contributed by atoms with E-state index in [0.29, 0.717) is 52.9 Å².